The lowest BCUT2D eigenvalue weighted by Gasteiger charge is -2.05. The first-order chi connectivity index (χ1) is 8.69. The molecule has 2 heterocycles. The fourth-order valence-corrected chi connectivity index (χ4v) is 1.55. The van der Waals surface area contributed by atoms with Gasteiger partial charge in [0.05, 0.1) is 5.69 Å². The average Bonchev–Trinajstić information content (AvgIpc) is 2.39. The quantitative estimate of drug-likeness (QED) is 0.884. The molecule has 2 rings (SSSR count). The van der Waals surface area contributed by atoms with Crippen LogP contribution in [-0.4, -0.2) is 15.9 Å². The summed E-state index contributed by atoms with van der Waals surface area (Å²) in [5.74, 6) is 0.125. The third-order valence-corrected chi connectivity index (χ3v) is 2.49. The van der Waals surface area contributed by atoms with Crippen molar-refractivity contribution in [2.24, 2.45) is 5.73 Å². The van der Waals surface area contributed by atoms with Crippen LogP contribution in [0.3, 0.4) is 0 Å². The van der Waals surface area contributed by atoms with Crippen LogP contribution in [0.4, 0.5) is 5.82 Å². The molecule has 0 radical (unpaired) electrons. The molecule has 5 nitrogen and oxygen atoms in total. The Morgan fingerprint density at radius 1 is 1.28 bits per heavy atom. The van der Waals surface area contributed by atoms with Crippen molar-refractivity contribution in [1.82, 2.24) is 9.97 Å². The Morgan fingerprint density at radius 2 is 2.06 bits per heavy atom. The van der Waals surface area contributed by atoms with Crippen LogP contribution >= 0.6 is 11.6 Å². The molecule has 0 aliphatic rings. The first kappa shape index (κ1) is 12.5. The van der Waals surface area contributed by atoms with Crippen molar-refractivity contribution in [3.8, 4) is 0 Å². The number of aromatic nitrogens is 2. The molecule has 0 atom stereocenters. The molecule has 3 N–H and O–H groups in total. The molecule has 0 bridgehead atoms. The molecule has 1 amide bonds. The molecule has 0 aromatic carbocycles. The van der Waals surface area contributed by atoms with Gasteiger partial charge in [-0.1, -0.05) is 11.6 Å². The second-order valence-electron chi connectivity index (χ2n) is 3.55. The molecule has 0 saturated heterocycles. The second kappa shape index (κ2) is 5.57. The van der Waals surface area contributed by atoms with E-state index in [1.807, 2.05) is 0 Å². The molecule has 0 fully saturated rings. The van der Waals surface area contributed by atoms with Crippen LogP contribution in [0.5, 0.6) is 0 Å². The third kappa shape index (κ3) is 3.03. The first-order valence-electron chi connectivity index (χ1n) is 5.27. The largest absolute Gasteiger partial charge is 0.325 e. The van der Waals surface area contributed by atoms with Crippen LogP contribution in [0.25, 0.3) is 0 Å². The number of anilines is 1. The minimum absolute atomic E-state index is 0.276. The summed E-state index contributed by atoms with van der Waals surface area (Å²) in [6.45, 7) is 0.288. The van der Waals surface area contributed by atoms with Crippen LogP contribution in [-0.2, 0) is 6.54 Å². The summed E-state index contributed by atoms with van der Waals surface area (Å²) in [5, 5.41) is 3.16. The monoisotopic (exact) mass is 262 g/mol. The Labute approximate surface area is 109 Å². The van der Waals surface area contributed by atoms with E-state index in [9.17, 15) is 4.79 Å². The molecule has 6 heteroatoms. The normalized spacial score (nSPS) is 10.1. The zero-order valence-corrected chi connectivity index (χ0v) is 10.2. The van der Waals surface area contributed by atoms with Crippen molar-refractivity contribution in [2.45, 2.75) is 6.54 Å². The van der Waals surface area contributed by atoms with Gasteiger partial charge in [0.1, 0.15) is 5.82 Å². The number of halogens is 1. The maximum Gasteiger partial charge on any atom is 0.256 e. The number of amides is 1. The molecule has 0 spiro atoms. The van der Waals surface area contributed by atoms with Gasteiger partial charge in [0.25, 0.3) is 5.91 Å². The van der Waals surface area contributed by atoms with E-state index in [0.717, 1.165) is 0 Å². The van der Waals surface area contributed by atoms with Gasteiger partial charge in [0, 0.05) is 29.5 Å². The summed E-state index contributed by atoms with van der Waals surface area (Å²) >= 11 is 5.80. The van der Waals surface area contributed by atoms with Crippen molar-refractivity contribution in [1.29, 1.82) is 0 Å². The Kier molecular flexibility index (Phi) is 3.86. The maximum absolute atomic E-state index is 11.9. The highest BCUT2D eigenvalue weighted by molar-refractivity contribution is 6.30. The minimum Gasteiger partial charge on any atom is -0.325 e. The van der Waals surface area contributed by atoms with E-state index in [-0.39, 0.29) is 12.5 Å². The highest BCUT2D eigenvalue weighted by atomic mass is 35.5. The highest BCUT2D eigenvalue weighted by Gasteiger charge is 2.07. The topological polar surface area (TPSA) is 80.9 Å². The molecular formula is C12H11ClN4O. The Hall–Kier alpha value is -1.98. The van der Waals surface area contributed by atoms with E-state index >= 15 is 0 Å². The summed E-state index contributed by atoms with van der Waals surface area (Å²) in [7, 11) is 0. The minimum atomic E-state index is -0.276. The van der Waals surface area contributed by atoms with Crippen LogP contribution in [0.15, 0.2) is 36.7 Å². The maximum atomic E-state index is 11.9. The number of hydrogen-bond acceptors (Lipinski definition) is 4. The van der Waals surface area contributed by atoms with E-state index in [1.165, 1.54) is 6.20 Å². The van der Waals surface area contributed by atoms with Gasteiger partial charge in [0.2, 0.25) is 0 Å². The van der Waals surface area contributed by atoms with Gasteiger partial charge in [0.15, 0.2) is 0 Å². The van der Waals surface area contributed by atoms with Crippen LogP contribution in [0.2, 0.25) is 5.02 Å². The zero-order chi connectivity index (χ0) is 13.0. The molecule has 0 aliphatic heterocycles. The smallest absolute Gasteiger partial charge is 0.256 e. The molecule has 2 aromatic heterocycles. The number of nitrogens with one attached hydrogen (secondary N) is 1. The first-order valence-corrected chi connectivity index (χ1v) is 5.65. The third-order valence-electron chi connectivity index (χ3n) is 2.25. The number of pyridine rings is 2. The Bertz CT molecular complexity index is 574. The van der Waals surface area contributed by atoms with E-state index in [2.05, 4.69) is 15.3 Å². The van der Waals surface area contributed by atoms with Gasteiger partial charge in [-0.05, 0) is 24.3 Å². The molecular weight excluding hydrogens is 252 g/mol. The summed E-state index contributed by atoms with van der Waals surface area (Å²) in [6, 6.07) is 6.46. The fourth-order valence-electron chi connectivity index (χ4n) is 1.39. The van der Waals surface area contributed by atoms with Gasteiger partial charge >= 0.3 is 0 Å². The van der Waals surface area contributed by atoms with Crippen molar-refractivity contribution in [2.75, 3.05) is 5.32 Å². The van der Waals surface area contributed by atoms with Gasteiger partial charge in [-0.2, -0.15) is 0 Å². The van der Waals surface area contributed by atoms with Gasteiger partial charge < -0.3 is 11.1 Å². The van der Waals surface area contributed by atoms with Crippen molar-refractivity contribution in [3.05, 3.63) is 52.9 Å². The SMILES string of the molecule is NCc1cc(C(=O)Nc2cc(Cl)ccn2)ccn1. The number of carbonyl (C=O) groups excluding carboxylic acids is 1. The van der Waals surface area contributed by atoms with Gasteiger partial charge in [-0.25, -0.2) is 4.98 Å². The standard InChI is InChI=1S/C12H11ClN4O/c13-9-2-4-16-11(6-9)17-12(18)8-1-3-15-10(5-8)7-14/h1-6H,7,14H2,(H,16,17,18). The molecule has 0 saturated carbocycles. The van der Waals surface area contributed by atoms with E-state index in [1.54, 1.807) is 30.5 Å². The Balaban J connectivity index is 2.16. The average molecular weight is 263 g/mol. The van der Waals surface area contributed by atoms with Crippen molar-refractivity contribution < 1.29 is 4.79 Å². The van der Waals surface area contributed by atoms with E-state index in [0.29, 0.717) is 22.1 Å². The predicted molar refractivity (Wildman–Crippen MR) is 69.3 cm³/mol. The number of carbonyl (C=O) groups is 1. The summed E-state index contributed by atoms with van der Waals surface area (Å²) in [4.78, 5) is 19.9. The van der Waals surface area contributed by atoms with Crippen molar-refractivity contribution >= 4 is 23.3 Å². The molecule has 92 valence electrons. The molecule has 0 aliphatic carbocycles. The molecule has 18 heavy (non-hydrogen) atoms. The van der Waals surface area contributed by atoms with Crippen LogP contribution in [0, 0.1) is 0 Å². The van der Waals surface area contributed by atoms with Gasteiger partial charge in [-0.3, -0.25) is 9.78 Å². The lowest BCUT2D eigenvalue weighted by Crippen LogP contribution is -2.14. The lowest BCUT2D eigenvalue weighted by molar-refractivity contribution is 0.102. The fraction of sp³-hybridized carbons (Fsp3) is 0.0833. The Morgan fingerprint density at radius 3 is 2.78 bits per heavy atom. The lowest BCUT2D eigenvalue weighted by atomic mass is 10.2. The zero-order valence-electron chi connectivity index (χ0n) is 9.43. The van der Waals surface area contributed by atoms with E-state index in [4.69, 9.17) is 17.3 Å². The predicted octanol–water partition coefficient (Wildman–Crippen LogP) is 1.84. The van der Waals surface area contributed by atoms with Crippen LogP contribution < -0.4 is 11.1 Å². The summed E-state index contributed by atoms with van der Waals surface area (Å²) in [6.07, 6.45) is 3.07. The van der Waals surface area contributed by atoms with Crippen LogP contribution in [0.1, 0.15) is 16.1 Å². The van der Waals surface area contributed by atoms with E-state index < -0.39 is 0 Å². The second-order valence-corrected chi connectivity index (χ2v) is 3.99. The summed E-state index contributed by atoms with van der Waals surface area (Å²) in [5.41, 5.74) is 6.60. The molecule has 2 aromatic rings. The van der Waals surface area contributed by atoms with Crippen molar-refractivity contribution in [3.63, 3.8) is 0 Å². The number of nitrogens with two attached hydrogens (primary N) is 1. The number of rotatable bonds is 3. The number of hydrogen-bond donors (Lipinski definition) is 2. The van der Waals surface area contributed by atoms with Gasteiger partial charge in [-0.15, -0.1) is 0 Å². The summed E-state index contributed by atoms with van der Waals surface area (Å²) < 4.78 is 0. The number of nitrogens with zero attached hydrogens (tertiary/aromatic N) is 2. The highest BCUT2D eigenvalue weighted by Crippen LogP contribution is 2.13. The molecule has 0 unspecified atom stereocenters.